The van der Waals surface area contributed by atoms with E-state index >= 15 is 0 Å². The number of hydrogen-bond donors (Lipinski definition) is 12. The van der Waals surface area contributed by atoms with Crippen molar-refractivity contribution in [2.45, 2.75) is 170 Å². The number of amides is 3. The average molecular weight is 1050 g/mol. The first-order valence-corrected chi connectivity index (χ1v) is 23.5. The molecule has 1 aromatic heterocycles. The predicted molar refractivity (Wildman–Crippen MR) is 234 cm³/mol. The Labute approximate surface area is 414 Å². The molecule has 4 aliphatic rings. The van der Waals surface area contributed by atoms with E-state index in [1.807, 2.05) is 0 Å². The van der Waals surface area contributed by atoms with Crippen LogP contribution in [0.2, 0.25) is 0 Å². The number of carboxylic acid groups (broad SMARTS) is 1. The van der Waals surface area contributed by atoms with E-state index in [-0.39, 0.29) is 37.1 Å². The van der Waals surface area contributed by atoms with Gasteiger partial charge in [-0.3, -0.25) is 14.4 Å². The van der Waals surface area contributed by atoms with Crippen LogP contribution in [0.4, 0.5) is 13.2 Å². The number of nitrogens with zero attached hydrogens (tertiary/aromatic N) is 3. The molecule has 1 saturated carbocycles. The fourth-order valence-corrected chi connectivity index (χ4v) is 9.30. The number of rotatable bonds is 20. The van der Waals surface area contributed by atoms with Crippen LogP contribution in [0.15, 0.2) is 18.3 Å². The van der Waals surface area contributed by atoms with E-state index in [4.69, 9.17) is 33.2 Å². The summed E-state index contributed by atoms with van der Waals surface area (Å²) in [5.74, 6) is -9.24. The first kappa shape index (κ1) is 57.7. The van der Waals surface area contributed by atoms with Crippen LogP contribution in [-0.2, 0) is 52.3 Å². The van der Waals surface area contributed by atoms with E-state index in [0.717, 1.165) is 24.7 Å². The molecule has 29 heteroatoms. The zero-order chi connectivity index (χ0) is 53.6. The summed E-state index contributed by atoms with van der Waals surface area (Å²) in [6.07, 6.45) is -24.3. The summed E-state index contributed by atoms with van der Waals surface area (Å²) in [5, 5.41) is 112. The number of aliphatic hydroxyl groups excluding tert-OH is 8. The second-order valence-electron chi connectivity index (χ2n) is 18.3. The number of carboxylic acids is 1. The number of aliphatic carboxylic acids is 1. The number of ether oxygens (including phenoxy) is 7. The van der Waals surface area contributed by atoms with Crippen molar-refractivity contribution in [2.75, 3.05) is 26.4 Å². The number of benzene rings is 1. The first-order chi connectivity index (χ1) is 34.6. The fourth-order valence-electron chi connectivity index (χ4n) is 9.30. The Morgan fingerprint density at radius 2 is 1.45 bits per heavy atom. The monoisotopic (exact) mass is 1050 g/mol. The lowest BCUT2D eigenvalue weighted by Gasteiger charge is -2.49. The highest BCUT2D eigenvalue weighted by Gasteiger charge is 2.53. The van der Waals surface area contributed by atoms with Gasteiger partial charge in [0.1, 0.15) is 78.8 Å². The van der Waals surface area contributed by atoms with Crippen LogP contribution in [0.5, 0.6) is 0 Å². The van der Waals surface area contributed by atoms with Gasteiger partial charge in [0.25, 0.3) is 0 Å². The Bertz CT molecular complexity index is 2180. The van der Waals surface area contributed by atoms with E-state index in [1.54, 1.807) is 6.92 Å². The van der Waals surface area contributed by atoms with Crippen LogP contribution in [0.25, 0.3) is 11.3 Å². The van der Waals surface area contributed by atoms with Gasteiger partial charge in [-0.25, -0.2) is 22.6 Å². The fraction of sp³-hybridized carbons (Fsp3) is 0.727. The highest BCUT2D eigenvalue weighted by Crippen LogP contribution is 2.37. The summed E-state index contributed by atoms with van der Waals surface area (Å²) >= 11 is 0. The van der Waals surface area contributed by atoms with Gasteiger partial charge in [0.15, 0.2) is 42.4 Å². The van der Waals surface area contributed by atoms with E-state index in [1.165, 1.54) is 6.92 Å². The molecule has 0 radical (unpaired) electrons. The molecule has 1 aromatic carbocycles. The van der Waals surface area contributed by atoms with Crippen molar-refractivity contribution in [1.29, 1.82) is 0 Å². The zero-order valence-corrected chi connectivity index (χ0v) is 39.9. The average Bonchev–Trinajstić information content (AvgIpc) is 3.82. The Morgan fingerprint density at radius 1 is 0.808 bits per heavy atom. The summed E-state index contributed by atoms with van der Waals surface area (Å²) in [6.45, 7) is 3.01. The molecule has 0 spiro atoms. The van der Waals surface area contributed by atoms with Crippen molar-refractivity contribution in [1.82, 2.24) is 30.9 Å². The van der Waals surface area contributed by atoms with Gasteiger partial charge in [-0.15, -0.1) is 5.10 Å². The number of aromatic nitrogens is 3. The molecule has 12 N–H and O–H groups in total. The van der Waals surface area contributed by atoms with E-state index in [9.17, 15) is 78.3 Å². The minimum Gasteiger partial charge on any atom is -0.479 e. The number of carbonyl (C=O) groups excluding carboxylic acids is 3. The molecule has 1 aliphatic carbocycles. The van der Waals surface area contributed by atoms with E-state index in [0.29, 0.717) is 18.6 Å². The predicted octanol–water partition coefficient (Wildman–Crippen LogP) is -3.79. The van der Waals surface area contributed by atoms with E-state index in [2.05, 4.69) is 26.3 Å². The SMILES string of the molecule is CCC[C@H](OC1C(NC(C)=O)[C@H](O[C@@H]2CC(C(=O)NCCO[C@H]3OC(CO)[C@@H](O)C(n4cc(-c5cc(F)c(F)c(F)c5)nn4)C3O)CC(NC(C)=O)C2O[C@@H]2OC(C)[C@@H](O)C(O)C2O)OC(CO)[C@@H]1O)C(=O)O. The molecule has 410 valence electrons. The Hall–Kier alpha value is -4.57. The van der Waals surface area contributed by atoms with Crippen molar-refractivity contribution in [3.63, 3.8) is 0 Å². The summed E-state index contributed by atoms with van der Waals surface area (Å²) in [7, 11) is 0. The normalized spacial score (nSPS) is 36.2. The molecular weight excluding hydrogens is 990 g/mol. The topological polar surface area (TPSA) is 382 Å². The molecule has 73 heavy (non-hydrogen) atoms. The molecule has 6 rings (SSSR count). The van der Waals surface area contributed by atoms with Gasteiger partial charge in [-0.2, -0.15) is 0 Å². The maximum atomic E-state index is 14.1. The zero-order valence-electron chi connectivity index (χ0n) is 39.9. The molecule has 12 unspecified atom stereocenters. The van der Waals surface area contributed by atoms with Crippen molar-refractivity contribution >= 4 is 23.7 Å². The molecule has 3 aliphatic heterocycles. The lowest BCUT2D eigenvalue weighted by atomic mass is 9.80. The van der Waals surface area contributed by atoms with Crippen LogP contribution in [0, 0.1) is 23.4 Å². The molecule has 3 saturated heterocycles. The van der Waals surface area contributed by atoms with Gasteiger partial charge in [0.05, 0.1) is 44.3 Å². The summed E-state index contributed by atoms with van der Waals surface area (Å²) in [6, 6.07) is -2.80. The molecule has 0 bridgehead atoms. The molecule has 2 aromatic rings. The lowest BCUT2D eigenvalue weighted by molar-refractivity contribution is -0.335. The van der Waals surface area contributed by atoms with Gasteiger partial charge >= 0.3 is 5.97 Å². The second kappa shape index (κ2) is 25.3. The van der Waals surface area contributed by atoms with Crippen LogP contribution < -0.4 is 16.0 Å². The van der Waals surface area contributed by atoms with Gasteiger partial charge in [-0.05, 0) is 38.3 Å². The van der Waals surface area contributed by atoms with Gasteiger partial charge in [0, 0.05) is 31.9 Å². The van der Waals surface area contributed by atoms with E-state index < -0.39 is 183 Å². The number of halogens is 3. The third-order valence-corrected chi connectivity index (χ3v) is 13.0. The van der Waals surface area contributed by atoms with Gasteiger partial charge in [0.2, 0.25) is 17.7 Å². The molecule has 20 atom stereocenters. The van der Waals surface area contributed by atoms with Gasteiger partial charge in [-0.1, -0.05) is 18.6 Å². The maximum Gasteiger partial charge on any atom is 0.332 e. The quantitative estimate of drug-likeness (QED) is 0.0447. The lowest BCUT2D eigenvalue weighted by Crippen LogP contribution is -2.68. The molecule has 26 nitrogen and oxygen atoms in total. The first-order valence-electron chi connectivity index (χ1n) is 23.5. The number of carbonyl (C=O) groups is 4. The largest absolute Gasteiger partial charge is 0.479 e. The molecule has 3 amide bonds. The molecule has 4 heterocycles. The van der Waals surface area contributed by atoms with Crippen molar-refractivity contribution in [3.8, 4) is 11.3 Å². The van der Waals surface area contributed by atoms with Crippen LogP contribution >= 0.6 is 0 Å². The molecule has 4 fully saturated rings. The van der Waals surface area contributed by atoms with Crippen molar-refractivity contribution in [3.05, 3.63) is 35.8 Å². The summed E-state index contributed by atoms with van der Waals surface area (Å²) in [4.78, 5) is 51.8. The summed E-state index contributed by atoms with van der Waals surface area (Å²) < 4.78 is 84.2. The van der Waals surface area contributed by atoms with Crippen molar-refractivity contribution in [2.24, 2.45) is 5.92 Å². The smallest absolute Gasteiger partial charge is 0.332 e. The number of hydrogen-bond acceptors (Lipinski definition) is 21. The van der Waals surface area contributed by atoms with Gasteiger partial charge < -0.3 is 95.1 Å². The third kappa shape index (κ3) is 13.5. The maximum absolute atomic E-state index is 14.1. The van der Waals surface area contributed by atoms with Crippen LogP contribution in [-0.4, -0.2) is 221 Å². The highest BCUT2D eigenvalue weighted by molar-refractivity contribution is 5.79. The number of nitrogens with one attached hydrogen (secondary N) is 3. The Balaban J connectivity index is 1.22. The van der Waals surface area contributed by atoms with Crippen LogP contribution in [0.1, 0.15) is 59.4 Å². The second-order valence-corrected chi connectivity index (χ2v) is 18.3. The highest BCUT2D eigenvalue weighted by atomic mass is 19.2. The summed E-state index contributed by atoms with van der Waals surface area (Å²) in [5.41, 5.74) is -0.396. The number of aliphatic hydroxyl groups is 8. The minimum absolute atomic E-state index is 0.0257. The molecular formula is C44H63F3N6O20. The Morgan fingerprint density at radius 3 is 2.07 bits per heavy atom. The minimum atomic E-state index is -1.87. The standard InChI is InChI=1S/C44H63F3N6O20/c1-5-6-25(41(65)66)69-39-30(50-18(4)57)42(71-28(15-55)34(39)60)70-26-12-20(11-23(49-17(3)56)38(26)73-44-37(63)36(62)32(58)16(2)68-44)40(64)48-7-8-67-43-35(61)31(33(59)27(14-54)72-43)53-13-24(51-52-53)19-9-21(45)29(47)22(46)10-19/h9-10,13,16,20,23,25-28,30-39,42-44,54-55,58-63H,5-8,11-12,14-15H2,1-4H3,(H,48,64)(H,49,56)(H,50,57)(H,65,66)/t16?,20?,23?,25-,26+,27?,28?,30?,31?,32+,33+,34-,35?,36?,37?,38?,39?,42+,43-,44-/m0/s1. The van der Waals surface area contributed by atoms with Crippen molar-refractivity contribution < 1.29 is 111 Å². The third-order valence-electron chi connectivity index (χ3n) is 13.0. The Kier molecular flexibility index (Phi) is 20.0. The van der Waals surface area contributed by atoms with Crippen LogP contribution in [0.3, 0.4) is 0 Å².